The van der Waals surface area contributed by atoms with Crippen molar-refractivity contribution in [3.63, 3.8) is 0 Å². The average Bonchev–Trinajstić information content (AvgIpc) is 2.17. The van der Waals surface area contributed by atoms with E-state index in [4.69, 9.17) is 5.73 Å². The van der Waals surface area contributed by atoms with E-state index in [0.29, 0.717) is 0 Å². The van der Waals surface area contributed by atoms with Gasteiger partial charge in [0.05, 0.1) is 0 Å². The molecule has 0 amide bonds. The summed E-state index contributed by atoms with van der Waals surface area (Å²) in [5.74, 6) is 0. The first-order valence-electron chi connectivity index (χ1n) is 5.10. The van der Waals surface area contributed by atoms with Crippen LogP contribution >= 0.6 is 15.9 Å². The quantitative estimate of drug-likeness (QED) is 0.882. The zero-order chi connectivity index (χ0) is 10.8. The van der Waals surface area contributed by atoms with Gasteiger partial charge in [-0.3, -0.25) is 0 Å². The Bertz CT molecular complexity index is 472. The van der Waals surface area contributed by atoms with Crippen molar-refractivity contribution >= 4 is 26.7 Å². The predicted molar refractivity (Wildman–Crippen MR) is 69.0 cm³/mol. The molecule has 2 rings (SSSR count). The van der Waals surface area contributed by atoms with E-state index in [0.717, 1.165) is 10.9 Å². The van der Waals surface area contributed by atoms with Gasteiger partial charge in [0.1, 0.15) is 0 Å². The third-order valence-electron chi connectivity index (χ3n) is 2.48. The maximum absolute atomic E-state index is 5.85. The maximum Gasteiger partial charge on any atom is 0.0256 e. The van der Waals surface area contributed by atoms with Crippen LogP contribution in [0.2, 0.25) is 0 Å². The van der Waals surface area contributed by atoms with Crippen molar-refractivity contribution in [3.8, 4) is 0 Å². The molecule has 0 aliphatic carbocycles. The predicted octanol–water partition coefficient (Wildman–Crippen LogP) is 3.49. The van der Waals surface area contributed by atoms with Crippen molar-refractivity contribution in [1.82, 2.24) is 0 Å². The second-order valence-electron chi connectivity index (χ2n) is 3.94. The Hall–Kier alpha value is -0.860. The molecule has 78 valence electrons. The van der Waals surface area contributed by atoms with Crippen LogP contribution in [0.3, 0.4) is 0 Å². The Morgan fingerprint density at radius 2 is 1.87 bits per heavy atom. The summed E-state index contributed by atoms with van der Waals surface area (Å²) in [4.78, 5) is 0. The number of halogens is 1. The van der Waals surface area contributed by atoms with Crippen molar-refractivity contribution in [2.24, 2.45) is 5.73 Å². The Kier molecular flexibility index (Phi) is 3.08. The van der Waals surface area contributed by atoms with E-state index in [2.05, 4.69) is 52.3 Å². The fourth-order valence-electron chi connectivity index (χ4n) is 1.89. The summed E-state index contributed by atoms with van der Waals surface area (Å²) in [6.45, 7) is 2.04. The van der Waals surface area contributed by atoms with Gasteiger partial charge in [0.15, 0.2) is 0 Å². The molecule has 1 nitrogen and oxygen atoms in total. The van der Waals surface area contributed by atoms with Gasteiger partial charge in [0, 0.05) is 10.5 Å². The van der Waals surface area contributed by atoms with E-state index < -0.39 is 0 Å². The summed E-state index contributed by atoms with van der Waals surface area (Å²) in [6, 6.07) is 12.8. The normalized spacial score (nSPS) is 13.0. The fraction of sp³-hybridized carbons (Fsp3) is 0.231. The molecule has 2 N–H and O–H groups in total. The molecule has 0 aliphatic heterocycles. The largest absolute Gasteiger partial charge is 0.328 e. The average molecular weight is 264 g/mol. The summed E-state index contributed by atoms with van der Waals surface area (Å²) >= 11 is 3.60. The third kappa shape index (κ3) is 2.21. The Morgan fingerprint density at radius 1 is 1.20 bits per heavy atom. The first-order chi connectivity index (χ1) is 7.18. The van der Waals surface area contributed by atoms with Crippen LogP contribution < -0.4 is 5.73 Å². The molecule has 15 heavy (non-hydrogen) atoms. The summed E-state index contributed by atoms with van der Waals surface area (Å²) in [7, 11) is 0. The van der Waals surface area contributed by atoms with E-state index in [1.165, 1.54) is 16.3 Å². The van der Waals surface area contributed by atoms with Crippen LogP contribution in [0.25, 0.3) is 10.8 Å². The van der Waals surface area contributed by atoms with Gasteiger partial charge in [-0.05, 0) is 35.7 Å². The summed E-state index contributed by atoms with van der Waals surface area (Å²) < 4.78 is 1.15. The summed E-state index contributed by atoms with van der Waals surface area (Å²) in [5, 5.41) is 2.56. The first kappa shape index (κ1) is 10.7. The number of rotatable bonds is 2. The number of hydrogen-bond donors (Lipinski definition) is 1. The highest BCUT2D eigenvalue weighted by molar-refractivity contribution is 9.10. The van der Waals surface area contributed by atoms with Gasteiger partial charge in [-0.25, -0.2) is 0 Å². The second-order valence-corrected chi connectivity index (χ2v) is 4.79. The molecule has 2 aromatic rings. The lowest BCUT2D eigenvalue weighted by atomic mass is 10.00. The van der Waals surface area contributed by atoms with Crippen molar-refractivity contribution in [2.45, 2.75) is 19.4 Å². The molecule has 1 unspecified atom stereocenters. The number of benzene rings is 2. The van der Waals surface area contributed by atoms with Gasteiger partial charge in [-0.15, -0.1) is 0 Å². The molecule has 0 radical (unpaired) electrons. The smallest absolute Gasteiger partial charge is 0.0256 e. The highest BCUT2D eigenvalue weighted by Crippen LogP contribution is 2.27. The lowest BCUT2D eigenvalue weighted by molar-refractivity contribution is 0.741. The molecule has 0 saturated heterocycles. The molecule has 2 heteroatoms. The second kappa shape index (κ2) is 4.33. The van der Waals surface area contributed by atoms with E-state index in [-0.39, 0.29) is 6.04 Å². The molecule has 0 aliphatic rings. The van der Waals surface area contributed by atoms with Gasteiger partial charge < -0.3 is 5.73 Å². The van der Waals surface area contributed by atoms with Crippen molar-refractivity contribution in [3.05, 3.63) is 46.4 Å². The van der Waals surface area contributed by atoms with Gasteiger partial charge in [-0.1, -0.05) is 46.3 Å². The van der Waals surface area contributed by atoms with Gasteiger partial charge in [0.25, 0.3) is 0 Å². The molecule has 2 aromatic carbocycles. The first-order valence-corrected chi connectivity index (χ1v) is 5.89. The molecule has 0 spiro atoms. The fourth-order valence-corrected chi connectivity index (χ4v) is 2.52. The van der Waals surface area contributed by atoms with Crippen LogP contribution in [0, 0.1) is 0 Å². The van der Waals surface area contributed by atoms with Crippen LogP contribution in [0.15, 0.2) is 40.9 Å². The SMILES string of the molecule is CC(N)Cc1cccc2cccc(Br)c12. The lowest BCUT2D eigenvalue weighted by Crippen LogP contribution is -2.17. The standard InChI is InChI=1S/C13H14BrN/c1-9(15)8-11-6-2-4-10-5-3-7-12(14)13(10)11/h2-7,9H,8,15H2,1H3. The van der Waals surface area contributed by atoms with E-state index in [1.807, 2.05) is 6.92 Å². The molecule has 0 heterocycles. The molecule has 1 atom stereocenters. The monoisotopic (exact) mass is 263 g/mol. The minimum absolute atomic E-state index is 0.197. The molecule has 0 bridgehead atoms. The van der Waals surface area contributed by atoms with Crippen LogP contribution in [-0.2, 0) is 6.42 Å². The number of hydrogen-bond acceptors (Lipinski definition) is 1. The molecule has 0 fully saturated rings. The molecule has 0 saturated carbocycles. The Morgan fingerprint density at radius 3 is 2.53 bits per heavy atom. The van der Waals surface area contributed by atoms with Crippen molar-refractivity contribution in [2.75, 3.05) is 0 Å². The minimum atomic E-state index is 0.197. The Labute approximate surface area is 98.4 Å². The van der Waals surface area contributed by atoms with Crippen molar-refractivity contribution < 1.29 is 0 Å². The number of nitrogens with two attached hydrogens (primary N) is 1. The van der Waals surface area contributed by atoms with Crippen LogP contribution in [0.1, 0.15) is 12.5 Å². The molecular weight excluding hydrogens is 250 g/mol. The minimum Gasteiger partial charge on any atom is -0.328 e. The van der Waals surface area contributed by atoms with E-state index >= 15 is 0 Å². The van der Waals surface area contributed by atoms with Gasteiger partial charge in [-0.2, -0.15) is 0 Å². The van der Waals surface area contributed by atoms with Crippen LogP contribution in [0.5, 0.6) is 0 Å². The highest BCUT2D eigenvalue weighted by Gasteiger charge is 2.05. The van der Waals surface area contributed by atoms with Crippen molar-refractivity contribution in [1.29, 1.82) is 0 Å². The van der Waals surface area contributed by atoms with Crippen LogP contribution in [0.4, 0.5) is 0 Å². The lowest BCUT2D eigenvalue weighted by Gasteiger charge is -2.10. The molecule has 0 aromatic heterocycles. The van der Waals surface area contributed by atoms with Gasteiger partial charge >= 0.3 is 0 Å². The van der Waals surface area contributed by atoms with E-state index in [1.54, 1.807) is 0 Å². The number of fused-ring (bicyclic) bond motifs is 1. The Balaban J connectivity index is 2.63. The summed E-state index contributed by atoms with van der Waals surface area (Å²) in [5.41, 5.74) is 7.17. The summed E-state index contributed by atoms with van der Waals surface area (Å²) in [6.07, 6.45) is 0.917. The maximum atomic E-state index is 5.85. The molecular formula is C13H14BrN. The zero-order valence-corrected chi connectivity index (χ0v) is 10.3. The zero-order valence-electron chi connectivity index (χ0n) is 8.70. The topological polar surface area (TPSA) is 26.0 Å². The third-order valence-corrected chi connectivity index (χ3v) is 3.14. The highest BCUT2D eigenvalue weighted by atomic mass is 79.9. The van der Waals surface area contributed by atoms with Crippen LogP contribution in [-0.4, -0.2) is 6.04 Å². The van der Waals surface area contributed by atoms with Gasteiger partial charge in [0.2, 0.25) is 0 Å². The van der Waals surface area contributed by atoms with E-state index in [9.17, 15) is 0 Å².